The van der Waals surface area contributed by atoms with Gasteiger partial charge >= 0.3 is 0 Å². The summed E-state index contributed by atoms with van der Waals surface area (Å²) in [6.07, 6.45) is 1.12. The van der Waals surface area contributed by atoms with Gasteiger partial charge in [0.1, 0.15) is 5.69 Å². The molecule has 136 valence electrons. The Morgan fingerprint density at radius 2 is 1.77 bits per heavy atom. The van der Waals surface area contributed by atoms with Gasteiger partial charge in [-0.05, 0) is 31.4 Å². The van der Waals surface area contributed by atoms with Gasteiger partial charge in [0.2, 0.25) is 5.91 Å². The smallest absolute Gasteiger partial charge is 0.274 e. The number of piperidine rings is 1. The monoisotopic (exact) mass is 354 g/mol. The largest absolute Gasteiger partial charge is 0.369 e. The van der Waals surface area contributed by atoms with Gasteiger partial charge in [-0.3, -0.25) is 14.4 Å². The first-order valence-corrected chi connectivity index (χ1v) is 8.66. The Morgan fingerprint density at radius 3 is 2.38 bits per heavy atom. The molecule has 0 spiro atoms. The van der Waals surface area contributed by atoms with Gasteiger partial charge in [0, 0.05) is 25.1 Å². The second-order valence-corrected chi connectivity index (χ2v) is 6.67. The van der Waals surface area contributed by atoms with Gasteiger partial charge in [-0.15, -0.1) is 0 Å². The van der Waals surface area contributed by atoms with Crippen molar-refractivity contribution in [1.82, 2.24) is 14.7 Å². The average molecular weight is 354 g/mol. The molecule has 1 aromatic heterocycles. The number of nitrogens with two attached hydrogens (primary N) is 1. The number of likely N-dealkylation sites (tertiary alicyclic amines) is 1. The van der Waals surface area contributed by atoms with Crippen molar-refractivity contribution in [2.75, 3.05) is 13.1 Å². The van der Waals surface area contributed by atoms with E-state index < -0.39 is 0 Å². The molecule has 1 aromatic carbocycles. The number of benzene rings is 1. The maximum absolute atomic E-state index is 12.7. The normalized spacial score (nSPS) is 15.0. The highest BCUT2D eigenvalue weighted by atomic mass is 16.2. The van der Waals surface area contributed by atoms with E-state index in [1.165, 1.54) is 16.8 Å². The van der Waals surface area contributed by atoms with E-state index in [0.29, 0.717) is 32.5 Å². The van der Waals surface area contributed by atoms with Crippen molar-refractivity contribution >= 4 is 11.8 Å². The zero-order valence-electron chi connectivity index (χ0n) is 14.7. The predicted octanol–water partition coefficient (Wildman–Crippen LogP) is 0.938. The van der Waals surface area contributed by atoms with Gasteiger partial charge in [-0.1, -0.05) is 29.8 Å². The van der Waals surface area contributed by atoms with Crippen molar-refractivity contribution in [3.8, 4) is 0 Å². The topological polar surface area (TPSA) is 98.3 Å². The van der Waals surface area contributed by atoms with Gasteiger partial charge in [-0.2, -0.15) is 5.10 Å². The van der Waals surface area contributed by atoms with Crippen LogP contribution in [0.3, 0.4) is 0 Å². The van der Waals surface area contributed by atoms with Crippen LogP contribution < -0.4 is 11.3 Å². The van der Waals surface area contributed by atoms with E-state index in [4.69, 9.17) is 5.73 Å². The zero-order valence-corrected chi connectivity index (χ0v) is 14.7. The molecular formula is C19H22N4O3. The molecule has 3 rings (SSSR count). The summed E-state index contributed by atoms with van der Waals surface area (Å²) in [6.45, 7) is 3.23. The van der Waals surface area contributed by atoms with E-state index in [2.05, 4.69) is 5.10 Å². The Balaban J connectivity index is 1.74. The van der Waals surface area contributed by atoms with Crippen LogP contribution in [0, 0.1) is 12.8 Å². The molecule has 7 nitrogen and oxygen atoms in total. The molecule has 1 saturated heterocycles. The van der Waals surface area contributed by atoms with Crippen LogP contribution in [0.25, 0.3) is 0 Å². The number of primary amides is 1. The molecule has 26 heavy (non-hydrogen) atoms. The number of carbonyl (C=O) groups excluding carboxylic acids is 2. The lowest BCUT2D eigenvalue weighted by Crippen LogP contribution is -2.42. The number of amides is 2. The van der Waals surface area contributed by atoms with E-state index in [9.17, 15) is 14.4 Å². The summed E-state index contributed by atoms with van der Waals surface area (Å²) in [6, 6.07) is 10.6. The summed E-state index contributed by atoms with van der Waals surface area (Å²) < 4.78 is 1.30. The number of nitrogens with zero attached hydrogens (tertiary/aromatic N) is 3. The summed E-state index contributed by atoms with van der Waals surface area (Å²) in [4.78, 5) is 37.7. The third kappa shape index (κ3) is 3.99. The van der Waals surface area contributed by atoms with Crippen molar-refractivity contribution in [3.05, 3.63) is 63.6 Å². The predicted molar refractivity (Wildman–Crippen MR) is 96.6 cm³/mol. The lowest BCUT2D eigenvalue weighted by atomic mass is 9.96. The molecule has 0 saturated carbocycles. The summed E-state index contributed by atoms with van der Waals surface area (Å²) in [5.74, 6) is -0.727. The third-order valence-electron chi connectivity index (χ3n) is 4.72. The number of hydrogen-bond donors (Lipinski definition) is 1. The highest BCUT2D eigenvalue weighted by Crippen LogP contribution is 2.18. The number of aryl methyl sites for hydroxylation is 1. The van der Waals surface area contributed by atoms with Gasteiger partial charge < -0.3 is 10.6 Å². The fraction of sp³-hybridized carbons (Fsp3) is 0.368. The quantitative estimate of drug-likeness (QED) is 0.883. The molecule has 0 aliphatic carbocycles. The average Bonchev–Trinajstić information content (AvgIpc) is 2.65. The standard InChI is InChI=1S/C19H22N4O3/c1-13-2-4-14(5-3-13)12-23-17(24)7-6-16(21-23)19(26)22-10-8-15(9-11-22)18(20)25/h2-7,15H,8-12H2,1H3,(H2,20,25). The first kappa shape index (κ1) is 17.8. The van der Waals surface area contributed by atoms with Gasteiger partial charge in [0.05, 0.1) is 6.54 Å². The maximum atomic E-state index is 12.7. The lowest BCUT2D eigenvalue weighted by molar-refractivity contribution is -0.123. The van der Waals surface area contributed by atoms with Crippen LogP contribution in [-0.4, -0.2) is 39.6 Å². The molecule has 1 aliphatic heterocycles. The fourth-order valence-corrected chi connectivity index (χ4v) is 3.07. The summed E-state index contributed by atoms with van der Waals surface area (Å²) >= 11 is 0. The van der Waals surface area contributed by atoms with Crippen molar-refractivity contribution in [2.24, 2.45) is 11.7 Å². The molecule has 2 aromatic rings. The van der Waals surface area contributed by atoms with Crippen molar-refractivity contribution < 1.29 is 9.59 Å². The lowest BCUT2D eigenvalue weighted by Gasteiger charge is -2.30. The Bertz CT molecular complexity index is 865. The molecule has 1 fully saturated rings. The number of rotatable bonds is 4. The van der Waals surface area contributed by atoms with Crippen LogP contribution in [0.4, 0.5) is 0 Å². The first-order chi connectivity index (χ1) is 12.4. The van der Waals surface area contributed by atoms with Gasteiger partial charge in [-0.25, -0.2) is 4.68 Å². The highest BCUT2D eigenvalue weighted by Gasteiger charge is 2.27. The van der Waals surface area contributed by atoms with Gasteiger partial charge in [0.25, 0.3) is 11.5 Å². The van der Waals surface area contributed by atoms with Crippen LogP contribution in [0.15, 0.2) is 41.2 Å². The molecular weight excluding hydrogens is 332 g/mol. The van der Waals surface area contributed by atoms with Crippen LogP contribution in [0.1, 0.15) is 34.5 Å². The Kier molecular flexibility index (Phi) is 5.16. The number of aromatic nitrogens is 2. The van der Waals surface area contributed by atoms with E-state index in [1.807, 2.05) is 31.2 Å². The summed E-state index contributed by atoms with van der Waals surface area (Å²) in [5, 5.41) is 4.24. The maximum Gasteiger partial charge on any atom is 0.274 e. The third-order valence-corrected chi connectivity index (χ3v) is 4.72. The minimum Gasteiger partial charge on any atom is -0.369 e. The van der Waals surface area contributed by atoms with Crippen molar-refractivity contribution in [2.45, 2.75) is 26.3 Å². The SMILES string of the molecule is Cc1ccc(Cn2nc(C(=O)N3CCC(C(N)=O)CC3)ccc2=O)cc1. The zero-order chi connectivity index (χ0) is 18.7. The van der Waals surface area contributed by atoms with Crippen LogP contribution in [0.2, 0.25) is 0 Å². The Morgan fingerprint density at radius 1 is 1.12 bits per heavy atom. The molecule has 2 amide bonds. The molecule has 2 N–H and O–H groups in total. The molecule has 0 radical (unpaired) electrons. The van der Waals surface area contributed by atoms with Crippen molar-refractivity contribution in [1.29, 1.82) is 0 Å². The van der Waals surface area contributed by atoms with Crippen LogP contribution in [0.5, 0.6) is 0 Å². The minimum absolute atomic E-state index is 0.178. The second-order valence-electron chi connectivity index (χ2n) is 6.67. The Hall–Kier alpha value is -2.96. The molecule has 0 bridgehead atoms. The minimum atomic E-state index is -0.318. The molecule has 7 heteroatoms. The second kappa shape index (κ2) is 7.51. The van der Waals surface area contributed by atoms with E-state index >= 15 is 0 Å². The highest BCUT2D eigenvalue weighted by molar-refractivity contribution is 5.92. The fourth-order valence-electron chi connectivity index (χ4n) is 3.07. The van der Waals surface area contributed by atoms with Crippen LogP contribution >= 0.6 is 0 Å². The molecule has 0 unspecified atom stereocenters. The van der Waals surface area contributed by atoms with Crippen molar-refractivity contribution in [3.63, 3.8) is 0 Å². The van der Waals surface area contributed by atoms with E-state index in [-0.39, 0.29) is 29.0 Å². The summed E-state index contributed by atoms with van der Waals surface area (Å²) in [7, 11) is 0. The number of hydrogen-bond acceptors (Lipinski definition) is 4. The molecule has 2 heterocycles. The molecule has 0 atom stereocenters. The van der Waals surface area contributed by atoms with E-state index in [0.717, 1.165) is 11.1 Å². The van der Waals surface area contributed by atoms with Crippen LogP contribution in [-0.2, 0) is 11.3 Å². The number of carbonyl (C=O) groups is 2. The Labute approximate surface area is 151 Å². The molecule has 1 aliphatic rings. The van der Waals surface area contributed by atoms with Gasteiger partial charge in [0.15, 0.2) is 0 Å². The summed E-state index contributed by atoms with van der Waals surface area (Å²) in [5.41, 5.74) is 7.38. The van der Waals surface area contributed by atoms with E-state index in [1.54, 1.807) is 4.90 Å². The first-order valence-electron chi connectivity index (χ1n) is 8.66.